The van der Waals surface area contributed by atoms with E-state index in [1.807, 2.05) is 0 Å². The van der Waals surface area contributed by atoms with Gasteiger partial charge in [0.2, 0.25) is 0 Å². The first-order valence-corrected chi connectivity index (χ1v) is 6.57. The molecule has 1 unspecified atom stereocenters. The summed E-state index contributed by atoms with van der Waals surface area (Å²) in [6.07, 6.45) is 1.30. The van der Waals surface area contributed by atoms with E-state index in [0.717, 1.165) is 6.04 Å². The quantitative estimate of drug-likeness (QED) is 0.699. The van der Waals surface area contributed by atoms with Gasteiger partial charge < -0.3 is 15.1 Å². The van der Waals surface area contributed by atoms with Gasteiger partial charge in [0.15, 0.2) is 0 Å². The van der Waals surface area contributed by atoms with Gasteiger partial charge in [0.05, 0.1) is 0 Å². The summed E-state index contributed by atoms with van der Waals surface area (Å²) in [4.78, 5) is 7.56. The largest absolute Gasteiger partial charge is 0.314 e. The highest BCUT2D eigenvalue weighted by molar-refractivity contribution is 4.87. The van der Waals surface area contributed by atoms with Crippen LogP contribution in [0.3, 0.4) is 0 Å². The molecule has 4 heteroatoms. The van der Waals surface area contributed by atoms with Crippen LogP contribution in [0.15, 0.2) is 0 Å². The molecule has 2 aliphatic heterocycles. The molecule has 1 atom stereocenters. The third-order valence-corrected chi connectivity index (χ3v) is 3.72. The maximum atomic E-state index is 3.50. The predicted octanol–water partition coefficient (Wildman–Crippen LogP) is -0.472. The van der Waals surface area contributed by atoms with E-state index in [1.54, 1.807) is 0 Å². The van der Waals surface area contributed by atoms with Crippen LogP contribution in [0.5, 0.6) is 0 Å². The number of fused-ring (bicyclic) bond motifs is 1. The molecule has 2 saturated heterocycles. The van der Waals surface area contributed by atoms with Crippen molar-refractivity contribution < 1.29 is 0 Å². The van der Waals surface area contributed by atoms with Crippen LogP contribution in [-0.4, -0.2) is 87.2 Å². The molecule has 16 heavy (non-hydrogen) atoms. The summed E-state index contributed by atoms with van der Waals surface area (Å²) >= 11 is 0. The molecule has 0 amide bonds. The predicted molar refractivity (Wildman–Crippen MR) is 67.8 cm³/mol. The lowest BCUT2D eigenvalue weighted by molar-refractivity contribution is 0.0566. The van der Waals surface area contributed by atoms with Gasteiger partial charge in [-0.2, -0.15) is 0 Å². The standard InChI is InChI=1S/C12H26N4/c1-14(2)5-3-6-15-8-9-16-7-4-13-10-12(16)11-15/h12-13H,3-11H2,1-2H3. The molecule has 1 N–H and O–H groups in total. The van der Waals surface area contributed by atoms with Gasteiger partial charge in [0.25, 0.3) is 0 Å². The van der Waals surface area contributed by atoms with E-state index in [-0.39, 0.29) is 0 Å². The molecule has 0 bridgehead atoms. The van der Waals surface area contributed by atoms with E-state index >= 15 is 0 Å². The highest BCUT2D eigenvalue weighted by Crippen LogP contribution is 2.11. The number of hydrogen-bond acceptors (Lipinski definition) is 4. The van der Waals surface area contributed by atoms with Gasteiger partial charge in [0, 0.05) is 45.3 Å². The van der Waals surface area contributed by atoms with Crippen molar-refractivity contribution in [3.63, 3.8) is 0 Å². The molecule has 2 aliphatic rings. The average Bonchev–Trinajstić information content (AvgIpc) is 2.28. The lowest BCUT2D eigenvalue weighted by Crippen LogP contribution is -2.61. The van der Waals surface area contributed by atoms with E-state index in [9.17, 15) is 0 Å². The fourth-order valence-corrected chi connectivity index (χ4v) is 2.75. The molecule has 4 nitrogen and oxygen atoms in total. The lowest BCUT2D eigenvalue weighted by atomic mass is 10.1. The Morgan fingerprint density at radius 2 is 2.12 bits per heavy atom. The Labute approximate surface area is 99.6 Å². The minimum atomic E-state index is 0.766. The van der Waals surface area contributed by atoms with Gasteiger partial charge in [-0.25, -0.2) is 0 Å². The topological polar surface area (TPSA) is 21.8 Å². The van der Waals surface area contributed by atoms with Gasteiger partial charge >= 0.3 is 0 Å². The first-order valence-electron chi connectivity index (χ1n) is 6.57. The molecular formula is C12H26N4. The Hall–Kier alpha value is -0.160. The monoisotopic (exact) mass is 226 g/mol. The van der Waals surface area contributed by atoms with Crippen molar-refractivity contribution in [2.75, 3.05) is 66.5 Å². The van der Waals surface area contributed by atoms with Crippen LogP contribution < -0.4 is 5.32 Å². The molecule has 2 fully saturated rings. The van der Waals surface area contributed by atoms with Crippen LogP contribution in [0.25, 0.3) is 0 Å². The number of piperazine rings is 2. The van der Waals surface area contributed by atoms with E-state index in [4.69, 9.17) is 0 Å². The van der Waals surface area contributed by atoms with Crippen LogP contribution in [0.4, 0.5) is 0 Å². The van der Waals surface area contributed by atoms with Crippen LogP contribution in [0.1, 0.15) is 6.42 Å². The SMILES string of the molecule is CN(C)CCCN1CCN2CCNCC2C1. The van der Waals surface area contributed by atoms with Gasteiger partial charge in [-0.1, -0.05) is 0 Å². The number of nitrogens with zero attached hydrogens (tertiary/aromatic N) is 3. The maximum Gasteiger partial charge on any atom is 0.0348 e. The van der Waals surface area contributed by atoms with Crippen molar-refractivity contribution in [2.45, 2.75) is 12.5 Å². The Balaban J connectivity index is 1.68. The summed E-state index contributed by atoms with van der Waals surface area (Å²) in [7, 11) is 4.31. The van der Waals surface area contributed by atoms with Crippen LogP contribution in [0, 0.1) is 0 Å². The Morgan fingerprint density at radius 1 is 1.25 bits per heavy atom. The van der Waals surface area contributed by atoms with Crippen molar-refractivity contribution >= 4 is 0 Å². The first kappa shape index (κ1) is 12.3. The van der Waals surface area contributed by atoms with Crippen molar-refractivity contribution in [2.24, 2.45) is 0 Å². The zero-order chi connectivity index (χ0) is 11.4. The highest BCUT2D eigenvalue weighted by Gasteiger charge is 2.28. The van der Waals surface area contributed by atoms with Gasteiger partial charge in [-0.05, 0) is 33.6 Å². The summed E-state index contributed by atoms with van der Waals surface area (Å²) in [5, 5.41) is 3.50. The van der Waals surface area contributed by atoms with Crippen LogP contribution in [-0.2, 0) is 0 Å². The van der Waals surface area contributed by atoms with E-state index in [1.165, 1.54) is 58.8 Å². The molecule has 94 valence electrons. The van der Waals surface area contributed by atoms with Crippen LogP contribution in [0.2, 0.25) is 0 Å². The van der Waals surface area contributed by atoms with Gasteiger partial charge in [-0.15, -0.1) is 0 Å². The molecule has 0 aromatic heterocycles. The molecule has 2 rings (SSSR count). The summed E-state index contributed by atoms with van der Waals surface area (Å²) in [6, 6.07) is 0.766. The lowest BCUT2D eigenvalue weighted by Gasteiger charge is -2.44. The second kappa shape index (κ2) is 5.96. The minimum Gasteiger partial charge on any atom is -0.314 e. The molecule has 0 aliphatic carbocycles. The number of rotatable bonds is 4. The highest BCUT2D eigenvalue weighted by atomic mass is 15.3. The summed E-state index contributed by atoms with van der Waals surface area (Å²) in [5.41, 5.74) is 0. The zero-order valence-electron chi connectivity index (χ0n) is 10.8. The smallest absolute Gasteiger partial charge is 0.0348 e. The molecular weight excluding hydrogens is 200 g/mol. The molecule has 0 radical (unpaired) electrons. The third kappa shape index (κ3) is 3.42. The average molecular weight is 226 g/mol. The second-order valence-electron chi connectivity index (χ2n) is 5.35. The minimum absolute atomic E-state index is 0.766. The molecule has 0 saturated carbocycles. The zero-order valence-corrected chi connectivity index (χ0v) is 10.8. The van der Waals surface area contributed by atoms with Gasteiger partial charge in [0.1, 0.15) is 0 Å². The molecule has 2 heterocycles. The molecule has 0 aromatic carbocycles. The Morgan fingerprint density at radius 3 is 2.94 bits per heavy atom. The Kier molecular flexibility index (Phi) is 4.58. The summed E-state index contributed by atoms with van der Waals surface area (Å²) in [6.45, 7) is 9.89. The van der Waals surface area contributed by atoms with Crippen LogP contribution >= 0.6 is 0 Å². The van der Waals surface area contributed by atoms with Gasteiger partial charge in [-0.3, -0.25) is 4.90 Å². The van der Waals surface area contributed by atoms with E-state index in [0.29, 0.717) is 0 Å². The van der Waals surface area contributed by atoms with E-state index < -0.39 is 0 Å². The summed E-state index contributed by atoms with van der Waals surface area (Å²) in [5.74, 6) is 0. The fraction of sp³-hybridized carbons (Fsp3) is 1.00. The normalized spacial score (nSPS) is 28.3. The van der Waals surface area contributed by atoms with E-state index in [2.05, 4.69) is 34.1 Å². The fourth-order valence-electron chi connectivity index (χ4n) is 2.75. The number of nitrogens with one attached hydrogen (secondary N) is 1. The molecule has 0 aromatic rings. The second-order valence-corrected chi connectivity index (χ2v) is 5.35. The van der Waals surface area contributed by atoms with Crippen molar-refractivity contribution in [3.05, 3.63) is 0 Å². The molecule has 0 spiro atoms. The Bertz CT molecular complexity index is 207. The maximum absolute atomic E-state index is 3.50. The summed E-state index contributed by atoms with van der Waals surface area (Å²) < 4.78 is 0. The third-order valence-electron chi connectivity index (χ3n) is 3.72. The number of hydrogen-bond donors (Lipinski definition) is 1. The van der Waals surface area contributed by atoms with Crippen molar-refractivity contribution in [1.29, 1.82) is 0 Å². The van der Waals surface area contributed by atoms with Crippen molar-refractivity contribution in [1.82, 2.24) is 20.0 Å². The van der Waals surface area contributed by atoms with Crippen molar-refractivity contribution in [3.8, 4) is 0 Å². The first-order chi connectivity index (χ1) is 7.75.